The van der Waals surface area contributed by atoms with Gasteiger partial charge in [0.2, 0.25) is 11.8 Å². The monoisotopic (exact) mass is 569 g/mol. The van der Waals surface area contributed by atoms with Crippen LogP contribution in [0.3, 0.4) is 0 Å². The number of carbonyl (C=O) groups is 2. The molecule has 0 bridgehead atoms. The van der Waals surface area contributed by atoms with Crippen LogP contribution in [-0.4, -0.2) is 50.4 Å². The van der Waals surface area contributed by atoms with E-state index in [-0.39, 0.29) is 28.7 Å². The van der Waals surface area contributed by atoms with Crippen LogP contribution in [0, 0.1) is 5.82 Å². The summed E-state index contributed by atoms with van der Waals surface area (Å²) >= 11 is 0. The zero-order valence-electron chi connectivity index (χ0n) is 23.2. The van der Waals surface area contributed by atoms with Crippen LogP contribution in [0.1, 0.15) is 39.7 Å². The number of nitrogens with zero attached hydrogens (tertiary/aromatic N) is 2. The molecule has 0 aliphatic heterocycles. The number of benzene rings is 3. The van der Waals surface area contributed by atoms with Crippen molar-refractivity contribution in [1.29, 1.82) is 0 Å². The van der Waals surface area contributed by atoms with Gasteiger partial charge in [-0.15, -0.1) is 0 Å². The Hall–Kier alpha value is -3.92. The number of rotatable bonds is 13. The third-order valence-corrected chi connectivity index (χ3v) is 8.30. The zero-order valence-corrected chi connectivity index (χ0v) is 24.0. The summed E-state index contributed by atoms with van der Waals surface area (Å²) in [6.45, 7) is 6.74. The molecule has 0 fully saturated rings. The topological polar surface area (TPSA) is 96.0 Å². The molecule has 0 spiro atoms. The van der Waals surface area contributed by atoms with E-state index < -0.39 is 40.2 Å². The van der Waals surface area contributed by atoms with Gasteiger partial charge in [-0.05, 0) is 69.7 Å². The lowest BCUT2D eigenvalue weighted by molar-refractivity contribution is -0.139. The summed E-state index contributed by atoms with van der Waals surface area (Å²) < 4.78 is 48.7. The van der Waals surface area contributed by atoms with Gasteiger partial charge in [0.25, 0.3) is 10.0 Å². The van der Waals surface area contributed by atoms with Gasteiger partial charge in [-0.1, -0.05) is 43.3 Å². The van der Waals surface area contributed by atoms with Gasteiger partial charge >= 0.3 is 0 Å². The molecule has 0 aromatic heterocycles. The predicted octanol–water partition coefficient (Wildman–Crippen LogP) is 4.75. The van der Waals surface area contributed by atoms with Crippen molar-refractivity contribution in [3.05, 3.63) is 90.2 Å². The number of ether oxygens (including phenoxy) is 1. The third kappa shape index (κ3) is 7.59. The van der Waals surface area contributed by atoms with E-state index in [1.165, 1.54) is 35.2 Å². The fourth-order valence-corrected chi connectivity index (χ4v) is 5.42. The van der Waals surface area contributed by atoms with E-state index in [2.05, 4.69) is 5.32 Å². The third-order valence-electron chi connectivity index (χ3n) is 6.51. The van der Waals surface area contributed by atoms with E-state index >= 15 is 0 Å². The van der Waals surface area contributed by atoms with E-state index in [0.717, 1.165) is 4.31 Å². The molecule has 214 valence electrons. The Balaban J connectivity index is 2.02. The minimum Gasteiger partial charge on any atom is -0.494 e. The average molecular weight is 570 g/mol. The van der Waals surface area contributed by atoms with Gasteiger partial charge < -0.3 is 15.0 Å². The number of hydrogen-bond donors (Lipinski definition) is 1. The SMILES string of the molecule is CCOc1ccc(N(CC(=O)N(Cc2ccccc2F)[C@@H](C)C(=O)N[C@H](C)CC)S(=O)(=O)c2ccccc2)cc1. The van der Waals surface area contributed by atoms with Crippen LogP contribution in [0.4, 0.5) is 10.1 Å². The van der Waals surface area contributed by atoms with E-state index in [1.807, 2.05) is 20.8 Å². The summed E-state index contributed by atoms with van der Waals surface area (Å²) in [4.78, 5) is 28.2. The van der Waals surface area contributed by atoms with Gasteiger partial charge in [-0.2, -0.15) is 0 Å². The first-order valence-corrected chi connectivity index (χ1v) is 14.7. The summed E-state index contributed by atoms with van der Waals surface area (Å²) in [6, 6.07) is 19.0. The summed E-state index contributed by atoms with van der Waals surface area (Å²) in [5.74, 6) is -1.07. The minimum absolute atomic E-state index is 0.0000920. The molecule has 0 aliphatic carbocycles. The van der Waals surface area contributed by atoms with E-state index in [4.69, 9.17) is 4.74 Å². The number of nitrogens with one attached hydrogen (secondary N) is 1. The Bertz CT molecular complexity index is 1380. The highest BCUT2D eigenvalue weighted by Gasteiger charge is 2.33. The molecule has 0 saturated heterocycles. The van der Waals surface area contributed by atoms with Gasteiger partial charge in [0, 0.05) is 18.2 Å². The van der Waals surface area contributed by atoms with E-state index in [9.17, 15) is 22.4 Å². The van der Waals surface area contributed by atoms with Crippen molar-refractivity contribution in [2.75, 3.05) is 17.5 Å². The molecule has 2 amide bonds. The van der Waals surface area contributed by atoms with E-state index in [0.29, 0.717) is 18.8 Å². The molecule has 40 heavy (non-hydrogen) atoms. The van der Waals surface area contributed by atoms with Crippen LogP contribution in [0.25, 0.3) is 0 Å². The standard InChI is InChI=1S/C30H36FN3O5S/c1-5-22(3)32-30(36)23(4)33(20-24-12-10-11-15-28(24)31)29(35)21-34(25-16-18-26(19-17-25)39-6-2)40(37,38)27-13-8-7-9-14-27/h7-19,22-23H,5-6,20-21H2,1-4H3,(H,32,36)/t22-,23+/m1/s1. The second-order valence-corrected chi connectivity index (χ2v) is 11.2. The maximum atomic E-state index is 14.6. The first-order chi connectivity index (χ1) is 19.1. The van der Waals surface area contributed by atoms with Gasteiger partial charge in [-0.25, -0.2) is 12.8 Å². The van der Waals surface area contributed by atoms with Gasteiger partial charge in [-0.3, -0.25) is 13.9 Å². The predicted molar refractivity (Wildman–Crippen MR) is 153 cm³/mol. The van der Waals surface area contributed by atoms with Gasteiger partial charge in [0.05, 0.1) is 17.2 Å². The summed E-state index contributed by atoms with van der Waals surface area (Å²) in [5, 5.41) is 2.85. The van der Waals surface area contributed by atoms with Crippen LogP contribution in [0.2, 0.25) is 0 Å². The molecule has 3 rings (SSSR count). The molecule has 10 heteroatoms. The Labute approximate surface area is 235 Å². The van der Waals surface area contributed by atoms with Crippen LogP contribution in [0.5, 0.6) is 5.75 Å². The average Bonchev–Trinajstić information content (AvgIpc) is 2.96. The smallest absolute Gasteiger partial charge is 0.264 e. The van der Waals surface area contributed by atoms with Crippen molar-refractivity contribution in [3.63, 3.8) is 0 Å². The van der Waals surface area contributed by atoms with Crippen molar-refractivity contribution < 1.29 is 27.1 Å². The van der Waals surface area contributed by atoms with Crippen molar-refractivity contribution in [2.24, 2.45) is 0 Å². The number of halogens is 1. The molecule has 0 saturated carbocycles. The van der Waals surface area contributed by atoms with E-state index in [1.54, 1.807) is 55.5 Å². The highest BCUT2D eigenvalue weighted by molar-refractivity contribution is 7.92. The maximum Gasteiger partial charge on any atom is 0.264 e. The number of carbonyl (C=O) groups excluding carboxylic acids is 2. The molecule has 0 radical (unpaired) electrons. The number of anilines is 1. The van der Waals surface area contributed by atoms with Gasteiger partial charge in [0.15, 0.2) is 0 Å². The second kappa shape index (κ2) is 13.9. The lowest BCUT2D eigenvalue weighted by atomic mass is 10.1. The van der Waals surface area contributed by atoms with Crippen molar-refractivity contribution >= 4 is 27.5 Å². The van der Waals surface area contributed by atoms with Crippen LogP contribution in [-0.2, 0) is 26.2 Å². The van der Waals surface area contributed by atoms with Crippen LogP contribution in [0.15, 0.2) is 83.8 Å². The molecule has 3 aromatic rings. The number of sulfonamides is 1. The summed E-state index contributed by atoms with van der Waals surface area (Å²) in [5.41, 5.74) is 0.445. The molecular formula is C30H36FN3O5S. The summed E-state index contributed by atoms with van der Waals surface area (Å²) in [6.07, 6.45) is 0.681. The minimum atomic E-state index is -4.19. The molecule has 0 aliphatic rings. The lowest BCUT2D eigenvalue weighted by Crippen LogP contribution is -2.52. The highest BCUT2D eigenvalue weighted by atomic mass is 32.2. The second-order valence-electron chi connectivity index (χ2n) is 9.36. The zero-order chi connectivity index (χ0) is 29.3. The lowest BCUT2D eigenvalue weighted by Gasteiger charge is -2.32. The molecule has 8 nitrogen and oxygen atoms in total. The highest BCUT2D eigenvalue weighted by Crippen LogP contribution is 2.26. The fraction of sp³-hybridized carbons (Fsp3) is 0.333. The normalized spacial score (nSPS) is 12.7. The maximum absolute atomic E-state index is 14.6. The molecule has 0 heterocycles. The Morgan fingerprint density at radius 1 is 0.925 bits per heavy atom. The Morgan fingerprint density at radius 3 is 2.15 bits per heavy atom. The molecule has 0 unspecified atom stereocenters. The molecule has 2 atom stereocenters. The van der Waals surface area contributed by atoms with Gasteiger partial charge in [0.1, 0.15) is 24.2 Å². The van der Waals surface area contributed by atoms with Crippen molar-refractivity contribution in [2.45, 2.75) is 57.6 Å². The molecular weight excluding hydrogens is 533 g/mol. The Morgan fingerprint density at radius 2 is 1.55 bits per heavy atom. The first kappa shape index (κ1) is 30.6. The molecule has 1 N–H and O–H groups in total. The number of amides is 2. The van der Waals surface area contributed by atoms with Crippen LogP contribution < -0.4 is 14.4 Å². The largest absolute Gasteiger partial charge is 0.494 e. The van der Waals surface area contributed by atoms with Crippen LogP contribution >= 0.6 is 0 Å². The quantitative estimate of drug-likeness (QED) is 0.321. The molecule has 3 aromatic carbocycles. The van der Waals surface area contributed by atoms with Crippen molar-refractivity contribution in [3.8, 4) is 5.75 Å². The first-order valence-electron chi connectivity index (χ1n) is 13.2. The number of hydrogen-bond acceptors (Lipinski definition) is 5. The van der Waals surface area contributed by atoms with Crippen molar-refractivity contribution in [1.82, 2.24) is 10.2 Å². The Kier molecular flexibility index (Phi) is 10.7. The fourth-order valence-electron chi connectivity index (χ4n) is 3.98. The summed E-state index contributed by atoms with van der Waals surface area (Å²) in [7, 11) is -4.19.